The van der Waals surface area contributed by atoms with Gasteiger partial charge in [-0.15, -0.1) is 0 Å². The Balaban J connectivity index is 1.22. The molecule has 1 aliphatic heterocycles. The first-order chi connectivity index (χ1) is 52.0. The van der Waals surface area contributed by atoms with Crippen molar-refractivity contribution < 1.29 is 86.3 Å². The molecule has 0 spiro atoms. The monoisotopic (exact) mass is 1460 g/mol. The van der Waals surface area contributed by atoms with E-state index in [2.05, 4.69) is 168 Å². The van der Waals surface area contributed by atoms with Crippen molar-refractivity contribution in [3.05, 3.63) is 212 Å². The number of carbonyl (C=O) groups excluding carboxylic acids is 18. The second kappa shape index (κ2) is 37.0. The van der Waals surface area contributed by atoms with Crippen LogP contribution in [-0.2, 0) is 86.3 Å². The fraction of sp³-hybridized carbons (Fsp3) is 0.0833. The Hall–Kier alpha value is -16.9. The van der Waals surface area contributed by atoms with Crippen molar-refractivity contribution in [1.82, 2.24) is 95.7 Å². The minimum absolute atomic E-state index is 0.511. The summed E-state index contributed by atoms with van der Waals surface area (Å²) in [6, 6.07) is 27.9. The minimum atomic E-state index is -1.13. The van der Waals surface area contributed by atoms with E-state index < -0.39 is 204 Å². The normalized spacial score (nSPS) is 26.1. The first kappa shape index (κ1) is 78.5. The van der Waals surface area contributed by atoms with E-state index in [0.29, 0.717) is 0 Å². The molecule has 0 unspecified atom stereocenters. The number of nitrogens with one attached hydrogen (secondary N) is 18. The molecule has 36 nitrogen and oxygen atoms in total. The molecular formula is C72H54N18O18. The first-order valence-electron chi connectivity index (χ1n) is 30.6. The summed E-state index contributed by atoms with van der Waals surface area (Å²) in [7, 11) is 8.19. The zero-order valence-corrected chi connectivity index (χ0v) is 56.7. The number of rotatable bonds is 6. The number of fused-ring (bicyclic) bond motifs is 12. The summed E-state index contributed by atoms with van der Waals surface area (Å²) in [5.74, 6) is -19.3. The summed E-state index contributed by atoms with van der Waals surface area (Å²) in [5, 5.41) is 43.7. The highest BCUT2D eigenvalue weighted by Crippen LogP contribution is 2.28. The van der Waals surface area contributed by atoms with Gasteiger partial charge in [0.2, 0.25) is 104 Å². The van der Waals surface area contributed by atoms with Gasteiger partial charge in [0.05, 0.1) is 100 Å². The van der Waals surface area contributed by atoms with Gasteiger partial charge >= 0.3 is 0 Å². The van der Waals surface area contributed by atoms with E-state index in [1.54, 1.807) is 0 Å². The Kier molecular flexibility index (Phi) is 26.9. The predicted molar refractivity (Wildman–Crippen MR) is 374 cm³/mol. The second-order valence-electron chi connectivity index (χ2n) is 20.9. The van der Waals surface area contributed by atoms with Gasteiger partial charge in [0, 0.05) is 226 Å². The number of hydrogen-bond donors (Lipinski definition) is 18. The molecule has 0 saturated heterocycles. The van der Waals surface area contributed by atoms with Crippen molar-refractivity contribution in [1.29, 1.82) is 0 Å². The summed E-state index contributed by atoms with van der Waals surface area (Å²) in [4.78, 5) is 243. The smallest absolute Gasteiger partial charge is 0.203 e. The van der Waals surface area contributed by atoms with Gasteiger partial charge in [-0.05, 0) is 0 Å². The third kappa shape index (κ3) is 17.5. The molecule has 0 aromatic carbocycles. The van der Waals surface area contributed by atoms with Gasteiger partial charge < -0.3 is 95.7 Å². The molecule has 6 saturated carbocycles. The van der Waals surface area contributed by atoms with Crippen LogP contribution < -0.4 is 95.7 Å². The largest absolute Gasteiger partial charge is 0.393 e. The maximum atomic E-state index is 13.6. The molecule has 18 N–H and O–H groups in total. The molecule has 0 aromatic heterocycles. The topological polar surface area (TPSA) is 524 Å². The van der Waals surface area contributed by atoms with Gasteiger partial charge in [-0.1, -0.05) is 0 Å². The van der Waals surface area contributed by atoms with Crippen molar-refractivity contribution >= 4 is 104 Å². The van der Waals surface area contributed by atoms with Crippen LogP contribution in [0.5, 0.6) is 0 Å². The van der Waals surface area contributed by atoms with Crippen molar-refractivity contribution in [2.75, 3.05) is 42.3 Å². The highest BCUT2D eigenvalue weighted by molar-refractivity contribution is 6.55. The van der Waals surface area contributed by atoms with E-state index in [-0.39, 0.29) is 0 Å². The van der Waals surface area contributed by atoms with Crippen LogP contribution in [0.15, 0.2) is 212 Å². The summed E-state index contributed by atoms with van der Waals surface area (Å²) < 4.78 is 0. The molecule has 0 atom stereocenters. The van der Waals surface area contributed by atoms with Crippen LogP contribution in [-0.4, -0.2) is 146 Å². The molecule has 0 radical (unpaired) electrons. The van der Waals surface area contributed by atoms with Gasteiger partial charge in [0.1, 0.15) is 0 Å². The number of allylic oxidation sites excluding steroid dienone is 18. The average molecular weight is 1460 g/mol. The standard InChI is InChI=1S/C72H54N18O18/c1-73-19-37-55(91)43-25-79-7-9-81-27-45-57(93)38(20-74-2)59(95)47(68(45)104)29-83-11-13-85-31-49-61(97)40(22-76-4)63(99)51(70(49)106)33-87-15-17-89-35-53-65(101)42(24-78-6)66(102)54(72(53)108)36-90-18-16-88-34-52-64(100)41(23-77-5)62(98)50(71(52)107)32-86-14-12-84-30-48-60(96)39(21-75-3)58(94)46(69(48)105)28-82-10-8-80-26-44(56(37)92)67(43)103/h19-36,73-90H,1-6H3/b37-19?,38-20?,39-21?,40-22?,41-23?,42-24?,43-25-,44-26+,45-27+,46-28-,47-29-,48-30+,49-31+,50-32-,51-33-,52-34+,53-35+,54-36-. The van der Waals surface area contributed by atoms with E-state index in [9.17, 15) is 86.3 Å². The Labute approximate surface area is 610 Å². The SMILES string of the molecule is CNC=C1C(=O)/C2=C/NC#CN/C=C3\C(=O)C(=CNC)C(=O)/C(=C/NC#CN/C=C4\C(=O)C(=CNC)C(=O)/C(=C/NC#CN/C=C5\C(=O)C(=CNC)C(=O)/C(=C/NC#CN/C=C6\C(=O)C(=CNC)C(=O)/C(=C/NC#CN/C=C7\C(=O)C(=CNC)C(=O)/C(=C/NC#CN/C=C(\C1=O)C2=O)C7=O)C6=O)C5=O)C4=O)C3=O. The second-order valence-corrected chi connectivity index (χ2v) is 20.9. The molecule has 6 fully saturated rings. The maximum Gasteiger partial charge on any atom is 0.203 e. The summed E-state index contributed by atoms with van der Waals surface area (Å²) in [5.41, 5.74) is -10.5. The molecule has 1 heterocycles. The fourth-order valence-electron chi connectivity index (χ4n) is 9.43. The lowest BCUT2D eigenvalue weighted by Crippen LogP contribution is -2.34. The Bertz CT molecular complexity index is 4170. The molecule has 12 bridgehead atoms. The molecule has 540 valence electrons. The maximum absolute atomic E-state index is 13.6. The van der Waals surface area contributed by atoms with Crippen LogP contribution in [0.4, 0.5) is 0 Å². The van der Waals surface area contributed by atoms with Crippen LogP contribution in [0.25, 0.3) is 0 Å². The first-order valence-corrected chi connectivity index (χ1v) is 30.6. The zero-order chi connectivity index (χ0) is 78.7. The van der Waals surface area contributed by atoms with Gasteiger partial charge in [0.25, 0.3) is 0 Å². The Morgan fingerprint density at radius 1 is 0.167 bits per heavy atom. The van der Waals surface area contributed by atoms with E-state index in [0.717, 1.165) is 112 Å². The van der Waals surface area contributed by atoms with Crippen molar-refractivity contribution in [3.8, 4) is 72.5 Å². The highest BCUT2D eigenvalue weighted by atomic mass is 16.2. The van der Waals surface area contributed by atoms with Crippen molar-refractivity contribution in [3.63, 3.8) is 0 Å². The molecule has 108 heavy (non-hydrogen) atoms. The lowest BCUT2D eigenvalue weighted by atomic mass is 9.84. The molecule has 7 rings (SSSR count). The third-order valence-corrected chi connectivity index (χ3v) is 14.4. The highest BCUT2D eigenvalue weighted by Gasteiger charge is 2.44. The van der Waals surface area contributed by atoms with Gasteiger partial charge in [-0.2, -0.15) is 0 Å². The van der Waals surface area contributed by atoms with E-state index >= 15 is 0 Å². The van der Waals surface area contributed by atoms with Crippen LogP contribution in [0.3, 0.4) is 0 Å². The summed E-state index contributed by atoms with van der Waals surface area (Å²) >= 11 is 0. The average Bonchev–Trinajstić information content (AvgIpc) is 0.828. The number of Topliss-reactive ketones (excluding diaryl/α,β-unsaturated/α-hetero) is 18. The van der Waals surface area contributed by atoms with E-state index in [4.69, 9.17) is 0 Å². The number of ketones is 18. The van der Waals surface area contributed by atoms with Gasteiger partial charge in [0.15, 0.2) is 0 Å². The quantitative estimate of drug-likeness (QED) is 0.0667. The molecule has 0 aromatic rings. The van der Waals surface area contributed by atoms with Crippen molar-refractivity contribution in [2.45, 2.75) is 0 Å². The van der Waals surface area contributed by atoms with Gasteiger partial charge in [-0.25, -0.2) is 0 Å². The van der Waals surface area contributed by atoms with Crippen LogP contribution in [0.2, 0.25) is 0 Å². The van der Waals surface area contributed by atoms with Gasteiger partial charge in [-0.3, -0.25) is 86.3 Å². The van der Waals surface area contributed by atoms with Crippen LogP contribution >= 0.6 is 0 Å². The summed E-state index contributed by atoms with van der Waals surface area (Å²) in [6.07, 6.45) is 16.3. The Morgan fingerprint density at radius 2 is 0.250 bits per heavy atom. The van der Waals surface area contributed by atoms with E-state index in [1.807, 2.05) is 0 Å². The zero-order valence-electron chi connectivity index (χ0n) is 56.7. The molecule has 0 amide bonds. The minimum Gasteiger partial charge on any atom is -0.393 e. The van der Waals surface area contributed by atoms with Crippen molar-refractivity contribution in [2.24, 2.45) is 0 Å². The number of carbonyl (C=O) groups is 18. The Morgan fingerprint density at radius 3 is 0.324 bits per heavy atom. The van der Waals surface area contributed by atoms with E-state index in [1.165, 1.54) is 42.3 Å². The molecular weight excluding hydrogens is 1400 g/mol. The molecule has 7 aliphatic rings. The fourth-order valence-corrected chi connectivity index (χ4v) is 9.43. The van der Waals surface area contributed by atoms with Crippen LogP contribution in [0.1, 0.15) is 0 Å². The third-order valence-electron chi connectivity index (χ3n) is 14.4. The number of hydrogen-bond acceptors (Lipinski definition) is 36. The van der Waals surface area contributed by atoms with Crippen LogP contribution in [0, 0.1) is 72.5 Å². The molecule has 6 aliphatic carbocycles. The molecule has 36 heteroatoms. The lowest BCUT2D eigenvalue weighted by Gasteiger charge is -2.17. The summed E-state index contributed by atoms with van der Waals surface area (Å²) in [6.45, 7) is 0. The predicted octanol–water partition coefficient (Wildman–Crippen LogP) is -7.86. The lowest BCUT2D eigenvalue weighted by molar-refractivity contribution is -0.126.